The highest BCUT2D eigenvalue weighted by atomic mass is 35.5. The average molecular weight is 413 g/mol. The fourth-order valence-corrected chi connectivity index (χ4v) is 3.46. The van der Waals surface area contributed by atoms with Crippen LogP contribution in [0.1, 0.15) is 19.3 Å². The third-order valence-electron chi connectivity index (χ3n) is 4.92. The molecule has 2 aromatic rings. The van der Waals surface area contributed by atoms with Crippen molar-refractivity contribution in [3.8, 4) is 0 Å². The molecule has 2 aliphatic rings. The number of anilines is 3. The van der Waals surface area contributed by atoms with Crippen LogP contribution in [0.25, 0.3) is 0 Å². The van der Waals surface area contributed by atoms with Crippen LogP contribution >= 0.6 is 11.6 Å². The number of halogens is 1. The molecule has 0 unspecified atom stereocenters. The topological polar surface area (TPSA) is 90.5 Å². The second-order valence-corrected chi connectivity index (χ2v) is 7.76. The Labute approximate surface area is 173 Å². The van der Waals surface area contributed by atoms with E-state index in [1.165, 1.54) is 0 Å². The molecule has 0 aromatic heterocycles. The number of hydrogen-bond donors (Lipinski definition) is 3. The lowest BCUT2D eigenvalue weighted by Crippen LogP contribution is -2.30. The number of benzene rings is 2. The van der Waals surface area contributed by atoms with E-state index < -0.39 is 5.92 Å². The smallest absolute Gasteiger partial charge is 0.319 e. The molecular weight excluding hydrogens is 392 g/mol. The molecule has 7 nitrogen and oxygen atoms in total. The number of amides is 4. The maximum Gasteiger partial charge on any atom is 0.319 e. The molecule has 1 atom stereocenters. The van der Waals surface area contributed by atoms with Gasteiger partial charge in [-0.05, 0) is 49.2 Å². The quantitative estimate of drug-likeness (QED) is 0.700. The monoisotopic (exact) mass is 412 g/mol. The zero-order valence-electron chi connectivity index (χ0n) is 15.7. The molecule has 4 amide bonds. The molecule has 8 heteroatoms. The van der Waals surface area contributed by atoms with Gasteiger partial charge in [0.05, 0.1) is 5.92 Å². The van der Waals surface area contributed by atoms with E-state index >= 15 is 0 Å². The number of rotatable bonds is 5. The molecular formula is C21H21ClN4O3. The highest BCUT2D eigenvalue weighted by Crippen LogP contribution is 2.28. The highest BCUT2D eigenvalue weighted by molar-refractivity contribution is 6.31. The number of carbonyl (C=O) groups is 3. The molecule has 29 heavy (non-hydrogen) atoms. The van der Waals surface area contributed by atoms with Crippen molar-refractivity contribution in [2.75, 3.05) is 22.1 Å². The van der Waals surface area contributed by atoms with E-state index in [-0.39, 0.29) is 30.3 Å². The second-order valence-electron chi connectivity index (χ2n) is 7.33. The van der Waals surface area contributed by atoms with Gasteiger partial charge in [-0.15, -0.1) is 0 Å². The van der Waals surface area contributed by atoms with E-state index in [0.29, 0.717) is 28.6 Å². The van der Waals surface area contributed by atoms with Crippen molar-refractivity contribution in [3.05, 3.63) is 53.6 Å². The van der Waals surface area contributed by atoms with Crippen LogP contribution in [0.3, 0.4) is 0 Å². The first-order valence-electron chi connectivity index (χ1n) is 9.52. The van der Waals surface area contributed by atoms with Gasteiger partial charge in [0.2, 0.25) is 11.8 Å². The molecule has 3 N–H and O–H groups in total. The van der Waals surface area contributed by atoms with Crippen LogP contribution in [0.15, 0.2) is 48.5 Å². The van der Waals surface area contributed by atoms with Crippen LogP contribution in [0.4, 0.5) is 21.9 Å². The SMILES string of the molecule is O=C(Nc1cccc(NC(=O)[C@@H]2CC(=O)N(c3cccc(Cl)c3)C2)c1)NC1CC1. The zero-order chi connectivity index (χ0) is 20.4. The summed E-state index contributed by atoms with van der Waals surface area (Å²) in [4.78, 5) is 38.5. The molecule has 1 saturated carbocycles. The summed E-state index contributed by atoms with van der Waals surface area (Å²) in [5.41, 5.74) is 1.84. The van der Waals surface area contributed by atoms with E-state index in [2.05, 4.69) is 16.0 Å². The van der Waals surface area contributed by atoms with Crippen LogP contribution < -0.4 is 20.9 Å². The molecule has 1 heterocycles. The van der Waals surface area contributed by atoms with Gasteiger partial charge in [0.1, 0.15) is 0 Å². The van der Waals surface area contributed by atoms with Gasteiger partial charge in [-0.3, -0.25) is 9.59 Å². The zero-order valence-corrected chi connectivity index (χ0v) is 16.4. The third kappa shape index (κ3) is 4.86. The van der Waals surface area contributed by atoms with Crippen molar-refractivity contribution in [2.45, 2.75) is 25.3 Å². The third-order valence-corrected chi connectivity index (χ3v) is 5.15. The van der Waals surface area contributed by atoms with Gasteiger partial charge in [0, 0.05) is 41.1 Å². The second kappa shape index (κ2) is 8.13. The number of nitrogens with one attached hydrogen (secondary N) is 3. The van der Waals surface area contributed by atoms with Crippen molar-refractivity contribution >= 4 is 46.5 Å². The summed E-state index contributed by atoms with van der Waals surface area (Å²) in [7, 11) is 0. The first-order chi connectivity index (χ1) is 14.0. The van der Waals surface area contributed by atoms with Crippen molar-refractivity contribution < 1.29 is 14.4 Å². The molecule has 0 spiro atoms. The van der Waals surface area contributed by atoms with Crippen molar-refractivity contribution in [1.82, 2.24) is 5.32 Å². The fourth-order valence-electron chi connectivity index (χ4n) is 3.28. The average Bonchev–Trinajstić information content (AvgIpc) is 3.40. The summed E-state index contributed by atoms with van der Waals surface area (Å²) in [6, 6.07) is 14.0. The first kappa shape index (κ1) is 19.3. The van der Waals surface area contributed by atoms with Crippen LogP contribution in [-0.2, 0) is 9.59 Å². The van der Waals surface area contributed by atoms with Crippen LogP contribution in [0, 0.1) is 5.92 Å². The Balaban J connectivity index is 1.37. The van der Waals surface area contributed by atoms with Crippen LogP contribution in [0.2, 0.25) is 5.02 Å². The minimum Gasteiger partial charge on any atom is -0.335 e. The lowest BCUT2D eigenvalue weighted by molar-refractivity contribution is -0.122. The molecule has 150 valence electrons. The molecule has 2 fully saturated rings. The molecule has 1 aliphatic carbocycles. The summed E-state index contributed by atoms with van der Waals surface area (Å²) in [6.45, 7) is 0.298. The number of hydrogen-bond acceptors (Lipinski definition) is 3. The Hall–Kier alpha value is -3.06. The minimum atomic E-state index is -0.462. The highest BCUT2D eigenvalue weighted by Gasteiger charge is 2.35. The van der Waals surface area contributed by atoms with Gasteiger partial charge in [0.15, 0.2) is 0 Å². The summed E-state index contributed by atoms with van der Waals surface area (Å²) < 4.78 is 0. The van der Waals surface area contributed by atoms with E-state index in [4.69, 9.17) is 11.6 Å². The molecule has 4 rings (SSSR count). The normalized spacial score (nSPS) is 18.4. The van der Waals surface area contributed by atoms with Gasteiger partial charge in [0.25, 0.3) is 0 Å². The Morgan fingerprint density at radius 2 is 1.72 bits per heavy atom. The lowest BCUT2D eigenvalue weighted by Gasteiger charge is -2.17. The van der Waals surface area contributed by atoms with Crippen molar-refractivity contribution in [2.24, 2.45) is 5.92 Å². The van der Waals surface area contributed by atoms with Crippen LogP contribution in [0.5, 0.6) is 0 Å². The van der Waals surface area contributed by atoms with E-state index in [9.17, 15) is 14.4 Å². The van der Waals surface area contributed by atoms with E-state index in [1.54, 1.807) is 53.4 Å². The van der Waals surface area contributed by atoms with E-state index in [0.717, 1.165) is 12.8 Å². The lowest BCUT2D eigenvalue weighted by atomic mass is 10.1. The molecule has 0 radical (unpaired) electrons. The minimum absolute atomic E-state index is 0.111. The first-order valence-corrected chi connectivity index (χ1v) is 9.90. The van der Waals surface area contributed by atoms with Crippen molar-refractivity contribution in [1.29, 1.82) is 0 Å². The Bertz CT molecular complexity index is 960. The largest absolute Gasteiger partial charge is 0.335 e. The van der Waals surface area contributed by atoms with Gasteiger partial charge in [-0.25, -0.2) is 4.79 Å². The van der Waals surface area contributed by atoms with E-state index in [1.807, 2.05) is 0 Å². The van der Waals surface area contributed by atoms with Gasteiger partial charge >= 0.3 is 6.03 Å². The summed E-state index contributed by atoms with van der Waals surface area (Å²) in [5, 5.41) is 8.99. The summed E-state index contributed by atoms with van der Waals surface area (Å²) >= 11 is 6.01. The maximum atomic E-state index is 12.7. The van der Waals surface area contributed by atoms with Gasteiger partial charge < -0.3 is 20.9 Å². The molecule has 0 bridgehead atoms. The Kier molecular flexibility index (Phi) is 5.40. The fraction of sp³-hybridized carbons (Fsp3) is 0.286. The molecule has 2 aromatic carbocycles. The predicted octanol–water partition coefficient (Wildman–Crippen LogP) is 3.62. The van der Waals surface area contributed by atoms with Gasteiger partial charge in [-0.2, -0.15) is 0 Å². The molecule has 1 aliphatic heterocycles. The summed E-state index contributed by atoms with van der Waals surface area (Å²) in [6.07, 6.45) is 2.16. The van der Waals surface area contributed by atoms with Crippen molar-refractivity contribution in [3.63, 3.8) is 0 Å². The number of urea groups is 1. The number of carbonyl (C=O) groups excluding carboxylic acids is 3. The van der Waals surface area contributed by atoms with Crippen LogP contribution in [-0.4, -0.2) is 30.4 Å². The Morgan fingerprint density at radius 3 is 2.45 bits per heavy atom. The summed E-state index contributed by atoms with van der Waals surface area (Å²) in [5.74, 6) is -0.807. The maximum absolute atomic E-state index is 12.7. The molecule has 1 saturated heterocycles. The standard InChI is InChI=1S/C21H21ClN4O3/c22-14-3-1-6-18(10-14)26-12-13(9-19(26)27)20(28)23-16-4-2-5-17(11-16)25-21(29)24-15-7-8-15/h1-6,10-11,13,15H,7-9,12H2,(H,23,28)(H2,24,25,29)/t13-/m1/s1. The Morgan fingerprint density at radius 1 is 1.00 bits per heavy atom. The van der Waals surface area contributed by atoms with Gasteiger partial charge in [-0.1, -0.05) is 23.7 Å². The number of nitrogens with zero attached hydrogens (tertiary/aromatic N) is 1. The predicted molar refractivity (Wildman–Crippen MR) is 112 cm³/mol.